The number of anilines is 6. The maximum atomic E-state index is 5.72. The molecule has 0 unspecified atom stereocenters. The molecule has 0 saturated heterocycles. The van der Waals surface area contributed by atoms with Gasteiger partial charge < -0.3 is 28.1 Å². The summed E-state index contributed by atoms with van der Waals surface area (Å²) in [6, 6.07) is 197. The first-order valence-electron chi connectivity index (χ1n) is 50.4. The molecule has 7 heterocycles. The summed E-state index contributed by atoms with van der Waals surface area (Å²) in [6.45, 7) is 0. The van der Waals surface area contributed by atoms with Crippen molar-refractivity contribution in [3.8, 4) is 68.3 Å². The monoisotopic (exact) mass is 1890 g/mol. The molecule has 0 atom stereocenters. The number of aromatic nitrogens is 9. The number of nitrogens with zero attached hydrogens (tertiary/aromatic N) is 11. The van der Waals surface area contributed by atoms with Crippen LogP contribution in [0.2, 0.25) is 0 Å². The van der Waals surface area contributed by atoms with E-state index in [0.717, 1.165) is 139 Å². The summed E-state index contributed by atoms with van der Waals surface area (Å²) in [5, 5.41) is 19.2. The highest BCUT2D eigenvalue weighted by Gasteiger charge is 2.29. The number of rotatable bonds is 15. The molecule has 30 rings (SSSR count). The van der Waals surface area contributed by atoms with Gasteiger partial charge in [-0.15, -0.1) is 0 Å². The molecular formula is C137H91N11. The Morgan fingerprint density at radius 1 is 0.142 bits per heavy atom. The molecule has 23 aromatic carbocycles. The molecule has 0 radical (unpaired) electrons. The zero-order valence-electron chi connectivity index (χ0n) is 80.5. The summed E-state index contributed by atoms with van der Waals surface area (Å²) in [4.78, 5) is 21.5. The van der Waals surface area contributed by atoms with Gasteiger partial charge in [-0.25, -0.2) is 0 Å². The maximum absolute atomic E-state index is 5.72. The highest BCUT2D eigenvalue weighted by atomic mass is 15.3. The standard InChI is InChI=1S/C63H39N7.C44H32N2.C30H20N2/c1-4-18-40(19-5-1)41-32-34-42(35-33-41)61-64-62(69-55-30-16-12-26-47(55)51-38-36-49-45-24-10-14-28-53(45)67(57(49)59(51)69)43-20-6-2-7-21-43)66-63(65-61)70-56-31-17-13-27-48(56)52-39-37-50-46-25-11-15-29-54(46)68(58(50)60(52)70)44-22-8-3-9-23-44;1-3-17-37(18-4-1)45(43-23-11-15-35-13-7-9-21-41(35)43)39-29-25-33(26-30-39)34-27-31-40(32-28-34)46(38-19-5-2-6-20-38)44-24-12-16-36-14-8-10-22-42(36)44;1-5-16-27-23(12-1)24-13-2-6-17-28(24)31(27)21-10-9-11-22(20-21)32-29-18-7-3-14-25(29)26-15-4-8-19-30(26)32/h1-39H;1-32H;1-20H. The van der Waals surface area contributed by atoms with Crippen LogP contribution in [0.5, 0.6) is 0 Å². The van der Waals surface area contributed by atoms with Gasteiger partial charge in [-0.3, -0.25) is 9.13 Å². The van der Waals surface area contributed by atoms with E-state index in [4.69, 9.17) is 15.0 Å². The quantitative estimate of drug-likeness (QED) is 0.102. The van der Waals surface area contributed by atoms with Crippen molar-refractivity contribution in [2.45, 2.75) is 0 Å². The first-order chi connectivity index (χ1) is 73.5. The van der Waals surface area contributed by atoms with E-state index in [2.05, 4.69) is 589 Å². The predicted octanol–water partition coefficient (Wildman–Crippen LogP) is 36.1. The molecule has 0 N–H and O–H groups in total. The Kier molecular flexibility index (Phi) is 21.0. The molecule has 148 heavy (non-hydrogen) atoms. The van der Waals surface area contributed by atoms with Crippen LogP contribution in [0.1, 0.15) is 0 Å². The molecule has 0 aliphatic rings. The van der Waals surface area contributed by atoms with Crippen molar-refractivity contribution < 1.29 is 0 Å². The Labute approximate surface area is 853 Å². The fraction of sp³-hybridized carbons (Fsp3) is 0. The Bertz CT molecular complexity index is 9700. The van der Waals surface area contributed by atoms with Crippen molar-refractivity contribution >= 4 is 187 Å². The number of para-hydroxylation sites is 12. The summed E-state index contributed by atoms with van der Waals surface area (Å²) in [5.41, 5.74) is 30.2. The zero-order valence-corrected chi connectivity index (χ0v) is 80.5. The van der Waals surface area contributed by atoms with Gasteiger partial charge in [0.15, 0.2) is 5.82 Å². The number of benzene rings is 23. The van der Waals surface area contributed by atoms with Crippen molar-refractivity contribution in [2.24, 2.45) is 0 Å². The summed E-state index contributed by atoms with van der Waals surface area (Å²) < 4.78 is 14.1. The van der Waals surface area contributed by atoms with E-state index in [-0.39, 0.29) is 0 Å². The van der Waals surface area contributed by atoms with Crippen LogP contribution < -0.4 is 9.80 Å². The molecular weight excluding hydrogens is 1800 g/mol. The normalized spacial score (nSPS) is 11.6. The van der Waals surface area contributed by atoms with Crippen molar-refractivity contribution in [1.29, 1.82) is 0 Å². The largest absolute Gasteiger partial charge is 0.310 e. The molecule has 694 valence electrons. The molecule has 7 aromatic heterocycles. The van der Waals surface area contributed by atoms with Gasteiger partial charge in [-0.2, -0.15) is 15.0 Å². The number of fused-ring (bicyclic) bond motifs is 22. The molecule has 11 heteroatoms. The number of hydrogen-bond donors (Lipinski definition) is 0. The highest BCUT2D eigenvalue weighted by molar-refractivity contribution is 6.26. The van der Waals surface area contributed by atoms with Crippen molar-refractivity contribution in [3.05, 3.63) is 552 Å². The molecule has 30 aromatic rings. The van der Waals surface area contributed by atoms with Gasteiger partial charge in [0.25, 0.3) is 0 Å². The molecule has 0 fully saturated rings. The second kappa shape index (κ2) is 36.2. The van der Waals surface area contributed by atoms with Gasteiger partial charge in [-0.1, -0.05) is 400 Å². The maximum Gasteiger partial charge on any atom is 0.240 e. The van der Waals surface area contributed by atoms with Crippen molar-refractivity contribution in [2.75, 3.05) is 9.80 Å². The van der Waals surface area contributed by atoms with Gasteiger partial charge in [0.1, 0.15) is 0 Å². The summed E-state index contributed by atoms with van der Waals surface area (Å²) in [6.07, 6.45) is 0. The van der Waals surface area contributed by atoms with Crippen molar-refractivity contribution in [1.82, 2.24) is 42.4 Å². The lowest BCUT2D eigenvalue weighted by atomic mass is 10.0. The third-order valence-corrected chi connectivity index (χ3v) is 29.4. The SMILES string of the molecule is c1cc(-n2c3ccccc3c3ccccc32)cc(-n2c3ccccc3c3ccccc32)c1.c1ccc(-c2ccc(-c3nc(-n4c5ccccc5c5ccc6c7ccccc7n(-c7ccccc7)c6c54)nc(-n4c5ccccc5c5ccc6c7ccccc7n(-c7ccccc7)c6c54)n3)cc2)cc1.c1ccc(N(c2ccc(-c3ccc(N(c4ccccc4)c4cccc5ccccc45)cc3)cc2)c2cccc3ccccc23)cc1. The van der Waals surface area contributed by atoms with E-state index in [0.29, 0.717) is 17.7 Å². The van der Waals surface area contributed by atoms with Crippen LogP contribution in [0.4, 0.5) is 34.1 Å². The molecule has 0 aliphatic heterocycles. The topological polar surface area (TPSA) is 74.7 Å². The Morgan fingerprint density at radius 3 is 0.716 bits per heavy atom. The lowest BCUT2D eigenvalue weighted by molar-refractivity contribution is 0.893. The Balaban J connectivity index is 0.000000116. The third kappa shape index (κ3) is 14.5. The predicted molar refractivity (Wildman–Crippen MR) is 619 cm³/mol. The average molecular weight is 1890 g/mol. The van der Waals surface area contributed by atoms with E-state index < -0.39 is 0 Å². The van der Waals surface area contributed by atoms with Gasteiger partial charge in [0, 0.05) is 126 Å². The van der Waals surface area contributed by atoms with Gasteiger partial charge in [0.2, 0.25) is 11.9 Å². The summed E-state index contributed by atoms with van der Waals surface area (Å²) in [7, 11) is 0. The van der Waals surface area contributed by atoms with Crippen molar-refractivity contribution in [3.63, 3.8) is 0 Å². The summed E-state index contributed by atoms with van der Waals surface area (Å²) in [5.74, 6) is 1.62. The van der Waals surface area contributed by atoms with Crippen LogP contribution in [-0.4, -0.2) is 42.4 Å². The van der Waals surface area contributed by atoms with Gasteiger partial charge >= 0.3 is 0 Å². The lowest BCUT2D eigenvalue weighted by Crippen LogP contribution is -2.11. The van der Waals surface area contributed by atoms with E-state index >= 15 is 0 Å². The molecule has 0 bridgehead atoms. The van der Waals surface area contributed by atoms with Gasteiger partial charge in [-0.05, 0) is 185 Å². The van der Waals surface area contributed by atoms with E-state index in [9.17, 15) is 0 Å². The minimum Gasteiger partial charge on any atom is -0.310 e. The van der Waals surface area contributed by atoms with Gasteiger partial charge in [0.05, 0.1) is 77.6 Å². The second-order valence-corrected chi connectivity index (χ2v) is 37.7. The van der Waals surface area contributed by atoms with E-state index in [1.54, 1.807) is 0 Å². The van der Waals surface area contributed by atoms with Crippen LogP contribution in [0, 0.1) is 0 Å². The molecule has 0 spiro atoms. The minimum atomic E-state index is 0.525. The van der Waals surface area contributed by atoms with Crippen LogP contribution in [0.15, 0.2) is 552 Å². The first kappa shape index (κ1) is 85.9. The fourth-order valence-corrected chi connectivity index (χ4v) is 22.8. The van der Waals surface area contributed by atoms with Crippen LogP contribution in [0.25, 0.3) is 221 Å². The molecule has 0 aliphatic carbocycles. The summed E-state index contributed by atoms with van der Waals surface area (Å²) >= 11 is 0. The van der Waals surface area contributed by atoms with E-state index in [1.165, 1.54) is 98.4 Å². The number of hydrogen-bond acceptors (Lipinski definition) is 5. The van der Waals surface area contributed by atoms with Crippen LogP contribution in [0.3, 0.4) is 0 Å². The lowest BCUT2D eigenvalue weighted by Gasteiger charge is -2.27. The highest BCUT2D eigenvalue weighted by Crippen LogP contribution is 2.49. The van der Waals surface area contributed by atoms with Crippen LogP contribution in [-0.2, 0) is 0 Å². The third-order valence-electron chi connectivity index (χ3n) is 29.4. The average Bonchev–Trinajstić information content (AvgIpc) is 1.53. The minimum absolute atomic E-state index is 0.525. The molecule has 0 amide bonds. The Morgan fingerprint density at radius 2 is 0.372 bits per heavy atom. The van der Waals surface area contributed by atoms with Crippen LogP contribution >= 0.6 is 0 Å². The zero-order chi connectivity index (χ0) is 97.6. The fourth-order valence-electron chi connectivity index (χ4n) is 22.8. The van der Waals surface area contributed by atoms with E-state index in [1.807, 2.05) is 0 Å². The molecule has 11 nitrogen and oxygen atoms in total. The Hall–Kier alpha value is -20.0. The second-order valence-electron chi connectivity index (χ2n) is 37.7. The smallest absolute Gasteiger partial charge is 0.240 e. The molecule has 0 saturated carbocycles. The first-order valence-corrected chi connectivity index (χ1v) is 50.4.